The maximum absolute atomic E-state index is 12.6. The van der Waals surface area contributed by atoms with Crippen LogP contribution in [0.25, 0.3) is 6.08 Å². The molecule has 0 N–H and O–H groups in total. The molecule has 1 heterocycles. The van der Waals surface area contributed by atoms with E-state index in [-0.39, 0.29) is 11.1 Å². The zero-order valence-electron chi connectivity index (χ0n) is 14.5. The summed E-state index contributed by atoms with van der Waals surface area (Å²) in [6, 6.07) is 8.15. The van der Waals surface area contributed by atoms with Gasteiger partial charge in [0.15, 0.2) is 0 Å². The van der Waals surface area contributed by atoms with Gasteiger partial charge < -0.3 is 0 Å². The fourth-order valence-electron chi connectivity index (χ4n) is 4.22. The van der Waals surface area contributed by atoms with E-state index in [1.165, 1.54) is 23.3 Å². The molecule has 130 valence electrons. The Morgan fingerprint density at radius 2 is 1.96 bits per heavy atom. The first-order valence-electron chi connectivity index (χ1n) is 9.16. The average molecular weight is 353 g/mol. The topological polar surface area (TPSA) is 37.4 Å². The van der Waals surface area contributed by atoms with E-state index in [4.69, 9.17) is 0 Å². The molecular weight excluding hydrogens is 330 g/mol. The first-order chi connectivity index (χ1) is 12.1. The highest BCUT2D eigenvalue weighted by atomic mass is 32.2. The van der Waals surface area contributed by atoms with Crippen molar-refractivity contribution in [2.75, 3.05) is 6.54 Å². The van der Waals surface area contributed by atoms with Crippen molar-refractivity contribution in [2.24, 2.45) is 17.8 Å². The van der Waals surface area contributed by atoms with Gasteiger partial charge in [0.1, 0.15) is 0 Å². The number of imide groups is 1. The number of hydrogen-bond acceptors (Lipinski definition) is 3. The third-order valence-electron chi connectivity index (χ3n) is 5.70. The van der Waals surface area contributed by atoms with Crippen molar-refractivity contribution in [2.45, 2.75) is 32.6 Å². The fourth-order valence-corrected chi connectivity index (χ4v) is 5.08. The largest absolute Gasteiger partial charge is 0.293 e. The molecule has 0 spiro atoms. The molecule has 1 aromatic rings. The molecule has 3 nitrogen and oxygen atoms in total. The zero-order chi connectivity index (χ0) is 17.4. The number of allylic oxidation sites excluding steroid dienone is 2. The van der Waals surface area contributed by atoms with Crippen LogP contribution in [0.1, 0.15) is 37.3 Å². The molecule has 0 unspecified atom stereocenters. The maximum Gasteiger partial charge on any atom is 0.293 e. The van der Waals surface area contributed by atoms with Gasteiger partial charge in [-0.05, 0) is 72.4 Å². The highest BCUT2D eigenvalue weighted by Crippen LogP contribution is 2.45. The maximum atomic E-state index is 12.6. The molecule has 2 bridgehead atoms. The van der Waals surface area contributed by atoms with Crippen LogP contribution in [-0.2, 0) is 11.2 Å². The van der Waals surface area contributed by atoms with Gasteiger partial charge in [0.25, 0.3) is 11.1 Å². The van der Waals surface area contributed by atoms with Crippen LogP contribution in [0.2, 0.25) is 0 Å². The number of hydrogen-bond donors (Lipinski definition) is 0. The van der Waals surface area contributed by atoms with Crippen molar-refractivity contribution in [1.82, 2.24) is 4.90 Å². The summed E-state index contributed by atoms with van der Waals surface area (Å²) in [7, 11) is 0. The zero-order valence-corrected chi connectivity index (χ0v) is 15.3. The van der Waals surface area contributed by atoms with Gasteiger partial charge >= 0.3 is 0 Å². The molecule has 1 saturated heterocycles. The van der Waals surface area contributed by atoms with E-state index in [2.05, 4.69) is 31.2 Å². The lowest BCUT2D eigenvalue weighted by Crippen LogP contribution is -2.30. The molecule has 1 aromatic carbocycles. The Labute approximate surface area is 153 Å². The van der Waals surface area contributed by atoms with Gasteiger partial charge in [0.2, 0.25) is 0 Å². The van der Waals surface area contributed by atoms with Gasteiger partial charge in [-0.3, -0.25) is 14.5 Å². The fraction of sp³-hybridized carbons (Fsp3) is 0.429. The van der Waals surface area contributed by atoms with E-state index in [0.717, 1.165) is 36.1 Å². The van der Waals surface area contributed by atoms with Gasteiger partial charge in [-0.25, -0.2) is 0 Å². The molecule has 4 heteroatoms. The Hall–Kier alpha value is -1.81. The highest BCUT2D eigenvalue weighted by molar-refractivity contribution is 8.18. The Morgan fingerprint density at radius 1 is 1.16 bits per heavy atom. The molecule has 2 aliphatic carbocycles. The van der Waals surface area contributed by atoms with E-state index in [1.54, 1.807) is 0 Å². The molecule has 0 aromatic heterocycles. The minimum atomic E-state index is -0.131. The quantitative estimate of drug-likeness (QED) is 0.559. The predicted octanol–water partition coefficient (Wildman–Crippen LogP) is 4.89. The van der Waals surface area contributed by atoms with E-state index in [0.29, 0.717) is 23.3 Å². The minimum absolute atomic E-state index is 0.125. The lowest BCUT2D eigenvalue weighted by molar-refractivity contribution is -0.122. The van der Waals surface area contributed by atoms with Crippen LogP contribution in [0.3, 0.4) is 0 Å². The van der Waals surface area contributed by atoms with Crippen LogP contribution in [0.15, 0.2) is 41.3 Å². The van der Waals surface area contributed by atoms with Crippen LogP contribution in [0, 0.1) is 17.8 Å². The lowest BCUT2D eigenvalue weighted by atomic mass is 9.90. The van der Waals surface area contributed by atoms with Gasteiger partial charge in [-0.1, -0.05) is 43.3 Å². The third kappa shape index (κ3) is 3.32. The van der Waals surface area contributed by atoms with Crippen molar-refractivity contribution >= 4 is 29.0 Å². The molecule has 3 atom stereocenters. The number of carbonyl (C=O) groups excluding carboxylic acids is 2. The van der Waals surface area contributed by atoms with Crippen molar-refractivity contribution < 1.29 is 9.59 Å². The van der Waals surface area contributed by atoms with E-state index < -0.39 is 0 Å². The van der Waals surface area contributed by atoms with E-state index >= 15 is 0 Å². The number of fused-ring (bicyclic) bond motifs is 2. The molecular formula is C21H23NO2S. The number of amides is 2. The molecule has 1 saturated carbocycles. The normalized spacial score (nSPS) is 29.4. The van der Waals surface area contributed by atoms with Gasteiger partial charge in [0.05, 0.1) is 4.91 Å². The van der Waals surface area contributed by atoms with Crippen LogP contribution in [-0.4, -0.2) is 22.6 Å². The number of rotatable bonds is 5. The Balaban J connectivity index is 1.41. The van der Waals surface area contributed by atoms with Crippen molar-refractivity contribution in [3.8, 4) is 0 Å². The average Bonchev–Trinajstić information content (AvgIpc) is 3.30. The second kappa shape index (κ2) is 6.83. The summed E-state index contributed by atoms with van der Waals surface area (Å²) >= 11 is 1.07. The summed E-state index contributed by atoms with van der Waals surface area (Å²) in [5, 5.41) is -0.125. The molecule has 0 radical (unpaired) electrons. The number of carbonyl (C=O) groups is 2. The van der Waals surface area contributed by atoms with Crippen LogP contribution >= 0.6 is 11.8 Å². The second-order valence-electron chi connectivity index (χ2n) is 7.26. The summed E-state index contributed by atoms with van der Waals surface area (Å²) < 4.78 is 0. The van der Waals surface area contributed by atoms with Crippen LogP contribution in [0.4, 0.5) is 4.79 Å². The summed E-state index contributed by atoms with van der Waals surface area (Å²) in [4.78, 5) is 26.9. The first kappa shape index (κ1) is 16.6. The molecule has 2 fully saturated rings. The predicted molar refractivity (Wildman–Crippen MR) is 102 cm³/mol. The van der Waals surface area contributed by atoms with Crippen molar-refractivity contribution in [3.63, 3.8) is 0 Å². The lowest BCUT2D eigenvalue weighted by Gasteiger charge is -2.20. The molecule has 25 heavy (non-hydrogen) atoms. The molecule has 4 rings (SSSR count). The van der Waals surface area contributed by atoms with E-state index in [9.17, 15) is 9.59 Å². The standard InChI is InChI=1S/C21H23NO2S/c1-2-14-3-5-15(6-4-14)13-19-20(23)22(21(24)25-19)10-9-18-12-16-7-8-17(18)11-16/h3-8,13,16-18H,2,9-12H2,1H3/b19-13-/t16-,17+,18-/m0/s1. The summed E-state index contributed by atoms with van der Waals surface area (Å²) in [5.74, 6) is 1.90. The van der Waals surface area contributed by atoms with Crippen LogP contribution < -0.4 is 0 Å². The number of aryl methyl sites for hydroxylation is 1. The Morgan fingerprint density at radius 3 is 2.60 bits per heavy atom. The second-order valence-corrected chi connectivity index (χ2v) is 8.25. The van der Waals surface area contributed by atoms with Gasteiger partial charge in [0, 0.05) is 6.54 Å². The summed E-state index contributed by atoms with van der Waals surface area (Å²) in [6.45, 7) is 2.67. The third-order valence-corrected chi connectivity index (χ3v) is 6.61. The number of thioether (sulfide) groups is 1. The molecule has 1 aliphatic heterocycles. The molecule has 2 amide bonds. The van der Waals surface area contributed by atoms with Gasteiger partial charge in [-0.2, -0.15) is 0 Å². The smallest absolute Gasteiger partial charge is 0.268 e. The monoisotopic (exact) mass is 353 g/mol. The highest BCUT2D eigenvalue weighted by Gasteiger charge is 2.38. The Kier molecular flexibility index (Phi) is 4.55. The van der Waals surface area contributed by atoms with Crippen molar-refractivity contribution in [3.05, 3.63) is 52.4 Å². The molecule has 3 aliphatic rings. The first-order valence-corrected chi connectivity index (χ1v) is 9.98. The van der Waals surface area contributed by atoms with Crippen LogP contribution in [0.5, 0.6) is 0 Å². The Bertz CT molecular complexity index is 750. The summed E-state index contributed by atoms with van der Waals surface area (Å²) in [5.41, 5.74) is 2.24. The van der Waals surface area contributed by atoms with Crippen molar-refractivity contribution in [1.29, 1.82) is 0 Å². The summed E-state index contributed by atoms with van der Waals surface area (Å²) in [6.07, 6.45) is 10.9. The minimum Gasteiger partial charge on any atom is -0.268 e. The number of nitrogens with zero attached hydrogens (tertiary/aromatic N) is 1. The van der Waals surface area contributed by atoms with E-state index in [1.807, 2.05) is 18.2 Å². The SMILES string of the molecule is CCc1ccc(/C=C2\SC(=O)N(CC[C@H]3C[C@H]4C=C[C@@H]3C4)C2=O)cc1. The number of benzene rings is 1. The van der Waals surface area contributed by atoms with Gasteiger partial charge in [-0.15, -0.1) is 0 Å².